The summed E-state index contributed by atoms with van der Waals surface area (Å²) in [6, 6.07) is 6.07. The number of rotatable bonds is 3. The van der Waals surface area contributed by atoms with Gasteiger partial charge in [0.2, 0.25) is 5.91 Å². The first kappa shape index (κ1) is 12.2. The van der Waals surface area contributed by atoms with Gasteiger partial charge < -0.3 is 15.2 Å². The highest BCUT2D eigenvalue weighted by Gasteiger charge is 2.27. The first-order valence-electron chi connectivity index (χ1n) is 6.63. The molecule has 1 fully saturated rings. The lowest BCUT2D eigenvalue weighted by atomic mass is 9.89. The molecule has 0 unspecified atom stereocenters. The van der Waals surface area contributed by atoms with Crippen LogP contribution in [0.2, 0.25) is 0 Å². The lowest BCUT2D eigenvalue weighted by molar-refractivity contribution is -0.118. The molecule has 1 saturated carbocycles. The minimum absolute atomic E-state index is 0.103. The van der Waals surface area contributed by atoms with Gasteiger partial charge in [0, 0.05) is 18.5 Å². The number of ether oxygens (including phenoxy) is 1. The molecule has 1 aromatic carbocycles. The van der Waals surface area contributed by atoms with E-state index < -0.39 is 0 Å². The molecule has 1 heterocycles. The van der Waals surface area contributed by atoms with E-state index in [1.807, 2.05) is 18.2 Å². The molecule has 0 atom stereocenters. The lowest BCUT2D eigenvalue weighted by Gasteiger charge is -2.31. The Balaban J connectivity index is 1.58. The number of amides is 1. The fourth-order valence-corrected chi connectivity index (χ4v) is 2.44. The van der Waals surface area contributed by atoms with Crippen LogP contribution in [0.4, 0.5) is 0 Å². The van der Waals surface area contributed by atoms with Crippen molar-refractivity contribution in [3.63, 3.8) is 0 Å². The van der Waals surface area contributed by atoms with E-state index in [0.717, 1.165) is 24.3 Å². The molecule has 4 nitrogen and oxygen atoms in total. The van der Waals surface area contributed by atoms with Crippen molar-refractivity contribution in [2.45, 2.75) is 31.4 Å². The highest BCUT2D eigenvalue weighted by molar-refractivity contribution is 5.92. The van der Waals surface area contributed by atoms with Crippen LogP contribution in [0.5, 0.6) is 5.75 Å². The van der Waals surface area contributed by atoms with Gasteiger partial charge in [-0.15, -0.1) is 0 Å². The number of carbonyl (C=O) groups is 1. The van der Waals surface area contributed by atoms with Crippen LogP contribution in [0.25, 0.3) is 6.08 Å². The molecule has 2 aliphatic rings. The fraction of sp³-hybridized carbons (Fsp3) is 0.400. The number of nitrogens with one attached hydrogen (secondary N) is 1. The van der Waals surface area contributed by atoms with Crippen LogP contribution in [-0.4, -0.2) is 29.8 Å². The molecule has 1 amide bonds. The number of aliphatic hydroxyl groups excluding tert-OH is 1. The van der Waals surface area contributed by atoms with Crippen LogP contribution in [0.1, 0.15) is 24.0 Å². The normalized spacial score (nSPS) is 24.7. The summed E-state index contributed by atoms with van der Waals surface area (Å²) in [6.07, 6.45) is 5.37. The Kier molecular flexibility index (Phi) is 3.25. The van der Waals surface area contributed by atoms with Crippen LogP contribution in [0.15, 0.2) is 24.3 Å². The molecule has 1 aliphatic carbocycles. The van der Waals surface area contributed by atoms with Gasteiger partial charge in [0.25, 0.3) is 0 Å². The first-order chi connectivity index (χ1) is 9.20. The molecule has 0 radical (unpaired) electrons. The number of hydrogen-bond donors (Lipinski definition) is 2. The molecule has 0 spiro atoms. The lowest BCUT2D eigenvalue weighted by Crippen LogP contribution is -2.46. The van der Waals surface area contributed by atoms with E-state index in [-0.39, 0.29) is 18.1 Å². The van der Waals surface area contributed by atoms with Crippen molar-refractivity contribution in [3.05, 3.63) is 35.4 Å². The van der Waals surface area contributed by atoms with Crippen LogP contribution < -0.4 is 10.1 Å². The number of aliphatic hydroxyl groups is 1. The van der Waals surface area contributed by atoms with Crippen LogP contribution in [-0.2, 0) is 11.2 Å². The fourth-order valence-electron chi connectivity index (χ4n) is 2.44. The van der Waals surface area contributed by atoms with E-state index in [1.165, 1.54) is 5.56 Å². The van der Waals surface area contributed by atoms with Crippen LogP contribution in [0, 0.1) is 0 Å². The molecular weight excluding hydrogens is 242 g/mol. The first-order valence-corrected chi connectivity index (χ1v) is 6.63. The molecule has 1 aromatic rings. The van der Waals surface area contributed by atoms with E-state index in [1.54, 1.807) is 6.08 Å². The Morgan fingerprint density at radius 1 is 1.42 bits per heavy atom. The third kappa shape index (κ3) is 2.79. The van der Waals surface area contributed by atoms with Crippen molar-refractivity contribution in [2.24, 2.45) is 0 Å². The number of benzene rings is 1. The van der Waals surface area contributed by atoms with Crippen molar-refractivity contribution < 1.29 is 14.6 Å². The smallest absolute Gasteiger partial charge is 0.244 e. The largest absolute Gasteiger partial charge is 0.493 e. The zero-order valence-electron chi connectivity index (χ0n) is 10.6. The summed E-state index contributed by atoms with van der Waals surface area (Å²) in [5.41, 5.74) is 2.21. The summed E-state index contributed by atoms with van der Waals surface area (Å²) in [6.45, 7) is 0.743. The number of hydrogen-bond acceptors (Lipinski definition) is 3. The Hall–Kier alpha value is -1.81. The van der Waals surface area contributed by atoms with Gasteiger partial charge in [0.15, 0.2) is 0 Å². The summed E-state index contributed by atoms with van der Waals surface area (Å²) in [4.78, 5) is 11.7. The van der Waals surface area contributed by atoms with E-state index in [0.29, 0.717) is 12.8 Å². The highest BCUT2D eigenvalue weighted by Crippen LogP contribution is 2.26. The van der Waals surface area contributed by atoms with Crippen molar-refractivity contribution in [1.82, 2.24) is 5.32 Å². The summed E-state index contributed by atoms with van der Waals surface area (Å²) in [5.74, 6) is 0.846. The van der Waals surface area contributed by atoms with Gasteiger partial charge in [-0.3, -0.25) is 4.79 Å². The molecule has 0 bridgehead atoms. The van der Waals surface area contributed by atoms with Gasteiger partial charge >= 0.3 is 0 Å². The average Bonchev–Trinajstić information content (AvgIpc) is 2.81. The SMILES string of the molecule is O=C(C=Cc1ccc2c(c1)CCO2)NC1CC(O)C1. The molecule has 2 N–H and O–H groups in total. The maximum atomic E-state index is 11.7. The summed E-state index contributed by atoms with van der Waals surface area (Å²) in [5, 5.41) is 12.0. The van der Waals surface area contributed by atoms with Gasteiger partial charge in [-0.25, -0.2) is 0 Å². The predicted octanol–water partition coefficient (Wildman–Crippen LogP) is 1.27. The second-order valence-corrected chi connectivity index (χ2v) is 5.13. The van der Waals surface area contributed by atoms with Gasteiger partial charge in [-0.05, 0) is 42.2 Å². The van der Waals surface area contributed by atoms with Crippen molar-refractivity contribution >= 4 is 12.0 Å². The van der Waals surface area contributed by atoms with E-state index >= 15 is 0 Å². The molecule has 1 aliphatic heterocycles. The molecular formula is C15H17NO3. The quantitative estimate of drug-likeness (QED) is 0.804. The maximum absolute atomic E-state index is 11.7. The van der Waals surface area contributed by atoms with Gasteiger partial charge in [0.1, 0.15) is 5.75 Å². The standard InChI is InChI=1S/C15H17NO3/c17-13-8-12(9-13)16-15(18)4-2-10-1-3-14-11(7-10)5-6-19-14/h1-4,7,12-13,17H,5-6,8-9H2,(H,16,18). The third-order valence-corrected chi connectivity index (χ3v) is 3.60. The topological polar surface area (TPSA) is 58.6 Å². The van der Waals surface area contributed by atoms with Crippen molar-refractivity contribution in [3.8, 4) is 5.75 Å². The molecule has 0 aromatic heterocycles. The Labute approximate surface area is 112 Å². The third-order valence-electron chi connectivity index (χ3n) is 3.60. The van der Waals surface area contributed by atoms with Crippen LogP contribution >= 0.6 is 0 Å². The Bertz CT molecular complexity index is 518. The predicted molar refractivity (Wildman–Crippen MR) is 71.8 cm³/mol. The molecule has 4 heteroatoms. The van der Waals surface area contributed by atoms with Gasteiger partial charge in [-0.1, -0.05) is 6.07 Å². The zero-order valence-corrected chi connectivity index (χ0v) is 10.6. The van der Waals surface area contributed by atoms with E-state index in [2.05, 4.69) is 11.4 Å². The maximum Gasteiger partial charge on any atom is 0.244 e. The minimum Gasteiger partial charge on any atom is -0.493 e. The molecule has 0 saturated heterocycles. The average molecular weight is 259 g/mol. The van der Waals surface area contributed by atoms with Crippen molar-refractivity contribution in [1.29, 1.82) is 0 Å². The van der Waals surface area contributed by atoms with Gasteiger partial charge in [-0.2, -0.15) is 0 Å². The molecule has 19 heavy (non-hydrogen) atoms. The second-order valence-electron chi connectivity index (χ2n) is 5.13. The monoisotopic (exact) mass is 259 g/mol. The summed E-state index contributed by atoms with van der Waals surface area (Å²) >= 11 is 0. The summed E-state index contributed by atoms with van der Waals surface area (Å²) < 4.78 is 5.44. The number of carbonyl (C=O) groups excluding carboxylic acids is 1. The molecule has 3 rings (SSSR count). The highest BCUT2D eigenvalue weighted by atomic mass is 16.5. The van der Waals surface area contributed by atoms with Crippen molar-refractivity contribution in [2.75, 3.05) is 6.61 Å². The Morgan fingerprint density at radius 2 is 2.26 bits per heavy atom. The zero-order chi connectivity index (χ0) is 13.2. The second kappa shape index (κ2) is 5.05. The summed E-state index contributed by atoms with van der Waals surface area (Å²) in [7, 11) is 0. The molecule has 100 valence electrons. The number of fused-ring (bicyclic) bond motifs is 1. The van der Waals surface area contributed by atoms with E-state index in [4.69, 9.17) is 9.84 Å². The van der Waals surface area contributed by atoms with Crippen LogP contribution in [0.3, 0.4) is 0 Å². The van der Waals surface area contributed by atoms with E-state index in [9.17, 15) is 4.79 Å². The Morgan fingerprint density at radius 3 is 3.05 bits per heavy atom. The van der Waals surface area contributed by atoms with Gasteiger partial charge in [0.05, 0.1) is 12.7 Å². The minimum atomic E-state index is -0.244.